The van der Waals surface area contributed by atoms with Crippen LogP contribution >= 0.6 is 11.3 Å². The van der Waals surface area contributed by atoms with E-state index in [-0.39, 0.29) is 23.8 Å². The monoisotopic (exact) mass is 469 g/mol. The quantitative estimate of drug-likeness (QED) is 0.594. The highest BCUT2D eigenvalue weighted by Crippen LogP contribution is 2.37. The third-order valence-electron chi connectivity index (χ3n) is 6.82. The van der Waals surface area contributed by atoms with Gasteiger partial charge in [0.05, 0.1) is 7.11 Å². The Morgan fingerprint density at radius 2 is 1.91 bits per heavy atom. The van der Waals surface area contributed by atoms with Crippen molar-refractivity contribution in [3.63, 3.8) is 0 Å². The number of urea groups is 1. The van der Waals surface area contributed by atoms with Crippen LogP contribution in [0.5, 0.6) is 5.75 Å². The second kappa shape index (κ2) is 9.95. The van der Waals surface area contributed by atoms with Gasteiger partial charge < -0.3 is 15.0 Å². The van der Waals surface area contributed by atoms with Gasteiger partial charge in [-0.1, -0.05) is 19.4 Å². The Morgan fingerprint density at radius 1 is 1.18 bits per heavy atom. The Balaban J connectivity index is 1.42. The fourth-order valence-electron chi connectivity index (χ4n) is 5.06. The summed E-state index contributed by atoms with van der Waals surface area (Å²) in [5, 5.41) is 5.08. The highest BCUT2D eigenvalue weighted by Gasteiger charge is 2.55. The van der Waals surface area contributed by atoms with Crippen LogP contribution in [0.3, 0.4) is 0 Å². The summed E-state index contributed by atoms with van der Waals surface area (Å²) < 4.78 is 5.17. The summed E-state index contributed by atoms with van der Waals surface area (Å²) in [6.07, 6.45) is 3.47. The Morgan fingerprint density at radius 3 is 2.52 bits per heavy atom. The van der Waals surface area contributed by atoms with E-state index in [0.29, 0.717) is 56.6 Å². The molecule has 0 unspecified atom stereocenters. The molecule has 0 bridgehead atoms. The molecular formula is C25H31N3O4S. The first-order chi connectivity index (χ1) is 16.0. The van der Waals surface area contributed by atoms with Gasteiger partial charge in [-0.2, -0.15) is 0 Å². The summed E-state index contributed by atoms with van der Waals surface area (Å²) in [5.41, 5.74) is -0.237. The van der Waals surface area contributed by atoms with E-state index in [0.717, 1.165) is 11.3 Å². The highest BCUT2D eigenvalue weighted by atomic mass is 32.1. The van der Waals surface area contributed by atoms with Gasteiger partial charge >= 0.3 is 6.03 Å². The van der Waals surface area contributed by atoms with E-state index < -0.39 is 5.54 Å². The van der Waals surface area contributed by atoms with E-state index in [1.165, 1.54) is 4.90 Å². The van der Waals surface area contributed by atoms with Gasteiger partial charge in [0.25, 0.3) is 11.8 Å². The molecule has 1 aromatic carbocycles. The van der Waals surface area contributed by atoms with Crippen molar-refractivity contribution in [1.29, 1.82) is 0 Å². The number of benzene rings is 1. The molecule has 33 heavy (non-hydrogen) atoms. The minimum absolute atomic E-state index is 0.0139. The topological polar surface area (TPSA) is 79.0 Å². The minimum Gasteiger partial charge on any atom is -0.497 e. The smallest absolute Gasteiger partial charge is 0.325 e. The molecule has 2 saturated heterocycles. The van der Waals surface area contributed by atoms with Crippen LogP contribution in [-0.2, 0) is 11.2 Å². The van der Waals surface area contributed by atoms with Crippen molar-refractivity contribution in [1.82, 2.24) is 15.1 Å². The third-order valence-corrected chi connectivity index (χ3v) is 7.76. The lowest BCUT2D eigenvalue weighted by Gasteiger charge is -2.41. The molecule has 4 amide bonds. The molecule has 176 valence electrons. The lowest BCUT2D eigenvalue weighted by Crippen LogP contribution is -2.56. The molecule has 0 saturated carbocycles. The zero-order valence-electron chi connectivity index (χ0n) is 19.2. The van der Waals surface area contributed by atoms with E-state index >= 15 is 0 Å². The van der Waals surface area contributed by atoms with Crippen molar-refractivity contribution < 1.29 is 19.1 Å². The number of methoxy groups -OCH3 is 1. The van der Waals surface area contributed by atoms with Crippen molar-refractivity contribution in [2.75, 3.05) is 26.7 Å². The molecule has 3 heterocycles. The molecule has 2 fully saturated rings. The van der Waals surface area contributed by atoms with Gasteiger partial charge in [0.1, 0.15) is 11.3 Å². The van der Waals surface area contributed by atoms with Crippen molar-refractivity contribution in [2.24, 2.45) is 5.92 Å². The van der Waals surface area contributed by atoms with Crippen molar-refractivity contribution in [3.05, 3.63) is 52.2 Å². The van der Waals surface area contributed by atoms with E-state index in [9.17, 15) is 14.4 Å². The van der Waals surface area contributed by atoms with Crippen LogP contribution in [0.4, 0.5) is 4.79 Å². The molecule has 1 aromatic heterocycles. The van der Waals surface area contributed by atoms with Crippen LogP contribution in [0.25, 0.3) is 0 Å². The summed E-state index contributed by atoms with van der Waals surface area (Å²) in [7, 11) is 1.60. The number of thiophene rings is 1. The zero-order chi connectivity index (χ0) is 23.4. The number of amides is 4. The zero-order valence-corrected chi connectivity index (χ0v) is 20.0. The summed E-state index contributed by atoms with van der Waals surface area (Å²) in [6, 6.07) is 10.8. The summed E-state index contributed by atoms with van der Waals surface area (Å²) >= 11 is 1.64. The van der Waals surface area contributed by atoms with Gasteiger partial charge in [-0.25, -0.2) is 4.79 Å². The molecule has 0 radical (unpaired) electrons. The van der Waals surface area contributed by atoms with E-state index in [2.05, 4.69) is 5.32 Å². The third kappa shape index (κ3) is 4.62. The van der Waals surface area contributed by atoms with Crippen LogP contribution in [0.1, 0.15) is 47.8 Å². The number of nitrogens with zero attached hydrogens (tertiary/aromatic N) is 2. The number of rotatable bonds is 8. The van der Waals surface area contributed by atoms with Crippen molar-refractivity contribution in [3.8, 4) is 5.75 Å². The van der Waals surface area contributed by atoms with Gasteiger partial charge in [0.2, 0.25) is 0 Å². The SMILES string of the molecule is CCC[C@]1(C2CCN(C(=O)c3ccc(OC)cc3)CC2)NC(=O)N(CCc2cccs2)C1=O. The van der Waals surface area contributed by atoms with E-state index in [4.69, 9.17) is 4.74 Å². The first-order valence-corrected chi connectivity index (χ1v) is 12.5. The number of ether oxygens (including phenoxy) is 1. The van der Waals surface area contributed by atoms with Crippen LogP contribution in [0, 0.1) is 5.92 Å². The number of carbonyl (C=O) groups is 3. The molecule has 7 nitrogen and oxygen atoms in total. The first-order valence-electron chi connectivity index (χ1n) is 11.6. The van der Waals surface area contributed by atoms with Crippen molar-refractivity contribution in [2.45, 2.75) is 44.6 Å². The lowest BCUT2D eigenvalue weighted by molar-refractivity contribution is -0.134. The fourth-order valence-corrected chi connectivity index (χ4v) is 5.76. The van der Waals surface area contributed by atoms with Crippen LogP contribution in [0.15, 0.2) is 41.8 Å². The minimum atomic E-state index is -0.865. The Hall–Kier alpha value is -2.87. The second-order valence-electron chi connectivity index (χ2n) is 8.73. The number of carbonyl (C=O) groups excluding carboxylic acids is 3. The average Bonchev–Trinajstić information content (AvgIpc) is 3.44. The standard InChI is InChI=1S/C25H31N3O4S/c1-3-13-25(23(30)28(24(31)26-25)16-12-21-5-4-17-33-21)19-10-14-27(15-11-19)22(29)18-6-8-20(32-2)9-7-18/h4-9,17,19H,3,10-16H2,1-2H3,(H,26,31)/t25-/m1/s1. The number of imide groups is 1. The van der Waals surface area contributed by atoms with Gasteiger partial charge in [0.15, 0.2) is 0 Å². The molecule has 0 spiro atoms. The van der Waals surface area contributed by atoms with Crippen LogP contribution < -0.4 is 10.1 Å². The van der Waals surface area contributed by atoms with Gasteiger partial charge in [-0.3, -0.25) is 14.5 Å². The Kier molecular flexibility index (Phi) is 7.02. The largest absolute Gasteiger partial charge is 0.497 e. The molecule has 8 heteroatoms. The maximum atomic E-state index is 13.5. The number of nitrogens with one attached hydrogen (secondary N) is 1. The van der Waals surface area contributed by atoms with Gasteiger partial charge in [-0.15, -0.1) is 11.3 Å². The number of piperidine rings is 1. The molecule has 2 aliphatic rings. The predicted octanol–water partition coefficient (Wildman–Crippen LogP) is 3.94. The Labute approximate surface area is 198 Å². The first kappa shape index (κ1) is 23.3. The summed E-state index contributed by atoms with van der Waals surface area (Å²) in [6.45, 7) is 3.57. The van der Waals surface area contributed by atoms with Crippen LogP contribution in [0.2, 0.25) is 0 Å². The molecule has 2 aliphatic heterocycles. The Bertz CT molecular complexity index is 984. The maximum Gasteiger partial charge on any atom is 0.325 e. The molecular weight excluding hydrogens is 438 g/mol. The number of hydrogen-bond acceptors (Lipinski definition) is 5. The molecule has 0 aliphatic carbocycles. The van der Waals surface area contributed by atoms with Gasteiger partial charge in [-0.05, 0) is 67.3 Å². The molecule has 1 atom stereocenters. The number of hydrogen-bond donors (Lipinski definition) is 1. The fraction of sp³-hybridized carbons (Fsp3) is 0.480. The molecule has 4 rings (SSSR count). The summed E-state index contributed by atoms with van der Waals surface area (Å²) in [5.74, 6) is 0.609. The van der Waals surface area contributed by atoms with Crippen molar-refractivity contribution >= 4 is 29.2 Å². The molecule has 2 aromatic rings. The van der Waals surface area contributed by atoms with Gasteiger partial charge in [0, 0.05) is 30.1 Å². The molecule has 1 N–H and O–H groups in total. The second-order valence-corrected chi connectivity index (χ2v) is 9.76. The summed E-state index contributed by atoms with van der Waals surface area (Å²) in [4.78, 5) is 43.7. The van der Waals surface area contributed by atoms with Crippen LogP contribution in [-0.4, -0.2) is 59.9 Å². The average molecular weight is 470 g/mol. The highest BCUT2D eigenvalue weighted by molar-refractivity contribution is 7.09. The maximum absolute atomic E-state index is 13.5. The number of likely N-dealkylation sites (tertiary alicyclic amines) is 1. The predicted molar refractivity (Wildman–Crippen MR) is 128 cm³/mol. The lowest BCUT2D eigenvalue weighted by atomic mass is 9.74. The van der Waals surface area contributed by atoms with E-state index in [1.807, 2.05) is 29.3 Å². The van der Waals surface area contributed by atoms with E-state index in [1.54, 1.807) is 42.7 Å². The normalized spacial score (nSPS) is 21.4.